The van der Waals surface area contributed by atoms with Crippen molar-refractivity contribution in [2.45, 2.75) is 251 Å². The van der Waals surface area contributed by atoms with Gasteiger partial charge in [0.05, 0.1) is 25.2 Å². The Morgan fingerprint density at radius 2 is 1.04 bits per heavy atom. The van der Waals surface area contributed by atoms with Gasteiger partial charge in [-0.3, -0.25) is 9.59 Å². The lowest BCUT2D eigenvalue weighted by Gasteiger charge is -2.24. The van der Waals surface area contributed by atoms with Gasteiger partial charge in [-0.1, -0.05) is 193 Å². The van der Waals surface area contributed by atoms with Gasteiger partial charge in [-0.05, 0) is 51.4 Å². The fraction of sp³-hybridized carbons (Fsp3) is 0.870. The molecule has 0 aromatic heterocycles. The van der Waals surface area contributed by atoms with E-state index in [2.05, 4.69) is 50.4 Å². The molecule has 0 fully saturated rings. The molecule has 0 aromatic carbocycles. The summed E-state index contributed by atoms with van der Waals surface area (Å²) in [7, 11) is 0. The highest BCUT2D eigenvalue weighted by molar-refractivity contribution is 5.77. The Labute approximate surface area is 322 Å². The SMILES string of the molecule is CC/C=C/C/C=C/CCCCCCCCCC(=O)OC(CCCCCCCCCC)CC(=O)NC(CO)C(O)CCCCCCCCCCCCC. The number of amides is 1. The summed E-state index contributed by atoms with van der Waals surface area (Å²) < 4.78 is 5.88. The Balaban J connectivity index is 4.48. The standard InChI is InChI=1S/C46H87NO5/c1-4-7-10-13-16-19-21-22-23-25-27-30-33-36-39-46(51)52-42(37-34-31-28-18-15-12-9-6-3)40-45(50)47-43(41-48)44(49)38-35-32-29-26-24-20-17-14-11-8-5-2/h7,10,16,19,42-44,48-49H,4-6,8-9,11-15,17-18,20-41H2,1-3H3,(H,47,50)/b10-7+,19-16+. The van der Waals surface area contributed by atoms with E-state index < -0.39 is 18.2 Å². The number of aliphatic hydroxyl groups is 2. The minimum absolute atomic E-state index is 0.0779. The van der Waals surface area contributed by atoms with E-state index in [1.807, 2.05) is 0 Å². The number of hydrogen-bond donors (Lipinski definition) is 3. The summed E-state index contributed by atoms with van der Waals surface area (Å²) in [6.07, 6.45) is 43.8. The van der Waals surface area contributed by atoms with Gasteiger partial charge in [0.1, 0.15) is 6.10 Å². The van der Waals surface area contributed by atoms with Crippen LogP contribution in [0.4, 0.5) is 0 Å². The Kier molecular flexibility index (Phi) is 39.2. The second kappa shape index (κ2) is 40.5. The van der Waals surface area contributed by atoms with Gasteiger partial charge in [-0.15, -0.1) is 0 Å². The van der Waals surface area contributed by atoms with Crippen LogP contribution in [-0.2, 0) is 14.3 Å². The molecule has 0 saturated heterocycles. The first kappa shape index (κ1) is 50.3. The molecule has 3 N–H and O–H groups in total. The Bertz CT molecular complexity index is 828. The molecule has 306 valence electrons. The second-order valence-electron chi connectivity index (χ2n) is 15.4. The number of ether oxygens (including phenoxy) is 1. The summed E-state index contributed by atoms with van der Waals surface area (Å²) in [4.78, 5) is 25.9. The highest BCUT2D eigenvalue weighted by atomic mass is 16.5. The van der Waals surface area contributed by atoms with Crippen LogP contribution in [0.5, 0.6) is 0 Å². The lowest BCUT2D eigenvalue weighted by atomic mass is 10.0. The van der Waals surface area contributed by atoms with Crippen LogP contribution in [0.25, 0.3) is 0 Å². The molecule has 3 atom stereocenters. The fourth-order valence-electron chi connectivity index (χ4n) is 6.88. The van der Waals surface area contributed by atoms with E-state index in [0.717, 1.165) is 64.2 Å². The van der Waals surface area contributed by atoms with Crippen LogP contribution in [0.2, 0.25) is 0 Å². The van der Waals surface area contributed by atoms with Crippen molar-refractivity contribution >= 4 is 11.9 Å². The van der Waals surface area contributed by atoms with Crippen molar-refractivity contribution in [2.24, 2.45) is 0 Å². The van der Waals surface area contributed by atoms with Crippen molar-refractivity contribution < 1.29 is 24.5 Å². The molecule has 3 unspecified atom stereocenters. The van der Waals surface area contributed by atoms with E-state index in [4.69, 9.17) is 4.74 Å². The van der Waals surface area contributed by atoms with Gasteiger partial charge in [0.15, 0.2) is 0 Å². The van der Waals surface area contributed by atoms with Crippen LogP contribution in [0.1, 0.15) is 233 Å². The molecule has 0 aliphatic rings. The van der Waals surface area contributed by atoms with E-state index in [9.17, 15) is 19.8 Å². The quantitative estimate of drug-likeness (QED) is 0.0331. The van der Waals surface area contributed by atoms with Gasteiger partial charge in [0, 0.05) is 6.42 Å². The lowest BCUT2D eigenvalue weighted by Crippen LogP contribution is -2.46. The number of hydrogen-bond acceptors (Lipinski definition) is 5. The van der Waals surface area contributed by atoms with E-state index in [-0.39, 0.29) is 24.9 Å². The first-order valence-electron chi connectivity index (χ1n) is 22.6. The largest absolute Gasteiger partial charge is 0.462 e. The summed E-state index contributed by atoms with van der Waals surface area (Å²) >= 11 is 0. The maximum atomic E-state index is 13.1. The lowest BCUT2D eigenvalue weighted by molar-refractivity contribution is -0.151. The van der Waals surface area contributed by atoms with Gasteiger partial charge < -0.3 is 20.3 Å². The van der Waals surface area contributed by atoms with E-state index >= 15 is 0 Å². The molecule has 6 nitrogen and oxygen atoms in total. The Morgan fingerprint density at radius 3 is 1.56 bits per heavy atom. The number of carbonyl (C=O) groups excluding carboxylic acids is 2. The van der Waals surface area contributed by atoms with Crippen molar-refractivity contribution in [3.8, 4) is 0 Å². The zero-order valence-corrected chi connectivity index (χ0v) is 34.7. The third kappa shape index (κ3) is 35.4. The number of aliphatic hydroxyl groups excluding tert-OH is 2. The highest BCUT2D eigenvalue weighted by Gasteiger charge is 2.24. The van der Waals surface area contributed by atoms with Crippen molar-refractivity contribution in [1.82, 2.24) is 5.32 Å². The minimum Gasteiger partial charge on any atom is -0.462 e. The monoisotopic (exact) mass is 734 g/mol. The second-order valence-corrected chi connectivity index (χ2v) is 15.4. The first-order valence-corrected chi connectivity index (χ1v) is 22.6. The van der Waals surface area contributed by atoms with Gasteiger partial charge in [0.25, 0.3) is 0 Å². The molecule has 0 bridgehead atoms. The molecular formula is C46H87NO5. The molecule has 52 heavy (non-hydrogen) atoms. The average molecular weight is 734 g/mol. The summed E-state index contributed by atoms with van der Waals surface area (Å²) in [6, 6.07) is -0.695. The minimum atomic E-state index is -0.781. The zero-order valence-electron chi connectivity index (χ0n) is 34.7. The van der Waals surface area contributed by atoms with E-state index in [1.165, 1.54) is 122 Å². The summed E-state index contributed by atoms with van der Waals surface area (Å²) in [5, 5.41) is 23.6. The molecule has 0 heterocycles. The summed E-state index contributed by atoms with van der Waals surface area (Å²) in [6.45, 7) is 6.34. The Morgan fingerprint density at radius 1 is 0.577 bits per heavy atom. The van der Waals surface area contributed by atoms with Crippen LogP contribution < -0.4 is 5.32 Å². The maximum absolute atomic E-state index is 13.1. The molecule has 0 spiro atoms. The van der Waals surface area contributed by atoms with Crippen LogP contribution in [-0.4, -0.2) is 46.9 Å². The van der Waals surface area contributed by atoms with Crippen LogP contribution in [0.15, 0.2) is 24.3 Å². The maximum Gasteiger partial charge on any atom is 0.306 e. The predicted octanol–water partition coefficient (Wildman–Crippen LogP) is 12.8. The van der Waals surface area contributed by atoms with Crippen molar-refractivity contribution in [2.75, 3.05) is 6.61 Å². The number of allylic oxidation sites excluding steroid dienone is 4. The third-order valence-corrected chi connectivity index (χ3v) is 10.3. The van der Waals surface area contributed by atoms with Crippen molar-refractivity contribution in [1.29, 1.82) is 0 Å². The van der Waals surface area contributed by atoms with E-state index in [0.29, 0.717) is 19.3 Å². The first-order chi connectivity index (χ1) is 25.5. The van der Waals surface area contributed by atoms with Crippen molar-refractivity contribution in [3.63, 3.8) is 0 Å². The molecule has 0 aliphatic carbocycles. The summed E-state index contributed by atoms with van der Waals surface area (Å²) in [5.41, 5.74) is 0. The van der Waals surface area contributed by atoms with Gasteiger partial charge >= 0.3 is 5.97 Å². The van der Waals surface area contributed by atoms with E-state index in [1.54, 1.807) is 0 Å². The zero-order chi connectivity index (χ0) is 38.2. The molecule has 0 aliphatic heterocycles. The summed E-state index contributed by atoms with van der Waals surface area (Å²) in [5.74, 6) is -0.480. The van der Waals surface area contributed by atoms with Crippen molar-refractivity contribution in [3.05, 3.63) is 24.3 Å². The predicted molar refractivity (Wildman–Crippen MR) is 223 cm³/mol. The van der Waals surface area contributed by atoms with Gasteiger partial charge in [-0.2, -0.15) is 0 Å². The van der Waals surface area contributed by atoms with Crippen LogP contribution in [0, 0.1) is 0 Å². The molecule has 0 aromatic rings. The number of carbonyl (C=O) groups is 2. The normalized spacial score (nSPS) is 13.6. The highest BCUT2D eigenvalue weighted by Crippen LogP contribution is 2.18. The number of unbranched alkanes of at least 4 members (excludes halogenated alkanes) is 24. The smallest absolute Gasteiger partial charge is 0.306 e. The molecular weight excluding hydrogens is 647 g/mol. The molecule has 1 amide bonds. The van der Waals surface area contributed by atoms with Gasteiger partial charge in [-0.25, -0.2) is 0 Å². The van der Waals surface area contributed by atoms with Crippen LogP contribution in [0.3, 0.4) is 0 Å². The number of esters is 1. The third-order valence-electron chi connectivity index (χ3n) is 10.3. The molecule has 0 rings (SSSR count). The number of nitrogens with one attached hydrogen (secondary N) is 1. The Hall–Kier alpha value is -1.66. The molecule has 6 heteroatoms. The topological polar surface area (TPSA) is 95.9 Å². The molecule has 0 saturated carbocycles. The van der Waals surface area contributed by atoms with Gasteiger partial charge in [0.2, 0.25) is 5.91 Å². The average Bonchev–Trinajstić information content (AvgIpc) is 3.13. The molecule has 0 radical (unpaired) electrons. The fourth-order valence-corrected chi connectivity index (χ4v) is 6.88. The van der Waals surface area contributed by atoms with Crippen LogP contribution >= 0.6 is 0 Å². The number of rotatable bonds is 40.